The van der Waals surface area contributed by atoms with Gasteiger partial charge in [-0.05, 0) is 0 Å². The van der Waals surface area contributed by atoms with E-state index in [1.165, 1.54) is 6.92 Å². The molecule has 1 heterocycles. The summed E-state index contributed by atoms with van der Waals surface area (Å²) >= 11 is 0. The number of nitro groups is 1. The summed E-state index contributed by atoms with van der Waals surface area (Å²) in [4.78, 5) is 24.9. The maximum atomic E-state index is 13.0. The van der Waals surface area contributed by atoms with Crippen molar-refractivity contribution in [3.63, 3.8) is 0 Å². The summed E-state index contributed by atoms with van der Waals surface area (Å²) in [6.45, 7) is 1.40. The lowest BCUT2D eigenvalue weighted by Crippen LogP contribution is -2.06. The van der Waals surface area contributed by atoms with Crippen LogP contribution in [0.4, 0.5) is 10.1 Å². The summed E-state index contributed by atoms with van der Waals surface area (Å²) in [6, 6.07) is 1.61. The van der Waals surface area contributed by atoms with E-state index >= 15 is 0 Å². The largest absolute Gasteiger partial charge is 0.408 e. The monoisotopic (exact) mass is 224 g/mol. The third-order valence-corrected chi connectivity index (χ3v) is 1.98. The zero-order valence-corrected chi connectivity index (χ0v) is 8.06. The molecule has 0 bridgehead atoms. The third kappa shape index (κ3) is 1.52. The number of halogens is 1. The normalized spacial score (nSPS) is 10.6. The van der Waals surface area contributed by atoms with Crippen LogP contribution in [0.15, 0.2) is 21.3 Å². The molecule has 0 radical (unpaired) electrons. The highest BCUT2D eigenvalue weighted by molar-refractivity contribution is 5.86. The molecule has 16 heavy (non-hydrogen) atoms. The Balaban J connectivity index is 3.01. The number of benzene rings is 1. The summed E-state index contributed by atoms with van der Waals surface area (Å²) in [5.41, 5.74) is -1.62. The van der Waals surface area contributed by atoms with E-state index in [1.54, 1.807) is 0 Å². The van der Waals surface area contributed by atoms with Gasteiger partial charge in [-0.1, -0.05) is 0 Å². The average molecular weight is 224 g/mol. The number of hydrogen-bond acceptors (Lipinski definition) is 5. The number of nitrogens with zero attached hydrogens (tertiary/aromatic N) is 2. The first kappa shape index (κ1) is 10.2. The van der Waals surface area contributed by atoms with E-state index in [1.807, 2.05) is 0 Å². The molecule has 0 spiro atoms. The van der Waals surface area contributed by atoms with Gasteiger partial charge in [0.05, 0.1) is 16.5 Å². The standard InChI is InChI=1S/C9H5FN2O4/c1-4-11-6-2-5(10)3-7(12(14)15)8(6)9(13)16-4/h2-3H,1H3. The van der Waals surface area contributed by atoms with Crippen molar-refractivity contribution in [2.24, 2.45) is 0 Å². The third-order valence-electron chi connectivity index (χ3n) is 1.98. The maximum absolute atomic E-state index is 13.0. The molecule has 0 aliphatic heterocycles. The first-order chi connectivity index (χ1) is 7.49. The molecule has 2 aromatic rings. The van der Waals surface area contributed by atoms with E-state index in [0.717, 1.165) is 6.07 Å². The topological polar surface area (TPSA) is 86.2 Å². The number of non-ortho nitro benzene ring substituents is 1. The minimum Gasteiger partial charge on any atom is -0.408 e. The first-order valence-corrected chi connectivity index (χ1v) is 4.24. The van der Waals surface area contributed by atoms with Crippen molar-refractivity contribution < 1.29 is 13.7 Å². The predicted molar refractivity (Wildman–Crippen MR) is 51.6 cm³/mol. The Hall–Kier alpha value is -2.31. The molecule has 0 N–H and O–H groups in total. The molecule has 0 saturated heterocycles. The van der Waals surface area contributed by atoms with Gasteiger partial charge in [0, 0.05) is 13.0 Å². The van der Waals surface area contributed by atoms with Crippen LogP contribution >= 0.6 is 0 Å². The van der Waals surface area contributed by atoms with Gasteiger partial charge in [-0.15, -0.1) is 0 Å². The molecular formula is C9H5FN2O4. The Morgan fingerprint density at radius 2 is 2.19 bits per heavy atom. The van der Waals surface area contributed by atoms with Crippen LogP contribution < -0.4 is 5.63 Å². The number of nitro benzene ring substituents is 1. The quantitative estimate of drug-likeness (QED) is 0.541. The van der Waals surface area contributed by atoms with Crippen molar-refractivity contribution in [2.45, 2.75) is 6.92 Å². The molecule has 7 heteroatoms. The fraction of sp³-hybridized carbons (Fsp3) is 0.111. The van der Waals surface area contributed by atoms with E-state index in [4.69, 9.17) is 0 Å². The minimum atomic E-state index is -0.894. The van der Waals surface area contributed by atoms with Gasteiger partial charge in [-0.25, -0.2) is 14.2 Å². The summed E-state index contributed by atoms with van der Waals surface area (Å²) in [6.07, 6.45) is 0. The number of aromatic nitrogens is 1. The molecule has 6 nitrogen and oxygen atoms in total. The van der Waals surface area contributed by atoms with E-state index in [-0.39, 0.29) is 16.8 Å². The Labute approximate surface area is 87.5 Å². The molecule has 0 fully saturated rings. The molecule has 2 rings (SSSR count). The van der Waals surface area contributed by atoms with Gasteiger partial charge in [-0.3, -0.25) is 10.1 Å². The first-order valence-electron chi connectivity index (χ1n) is 4.24. The lowest BCUT2D eigenvalue weighted by molar-refractivity contribution is -0.383. The molecule has 0 aliphatic carbocycles. The number of hydrogen-bond donors (Lipinski definition) is 0. The Bertz CT molecular complexity index is 644. The summed E-state index contributed by atoms with van der Waals surface area (Å²) in [7, 11) is 0. The van der Waals surface area contributed by atoms with Gasteiger partial charge >= 0.3 is 5.63 Å². The van der Waals surface area contributed by atoms with E-state index in [0.29, 0.717) is 6.07 Å². The highest BCUT2D eigenvalue weighted by atomic mass is 19.1. The van der Waals surface area contributed by atoms with Gasteiger partial charge in [0.2, 0.25) is 0 Å². The van der Waals surface area contributed by atoms with E-state index in [9.17, 15) is 19.3 Å². The molecular weight excluding hydrogens is 219 g/mol. The van der Waals surface area contributed by atoms with Gasteiger partial charge in [-0.2, -0.15) is 0 Å². The molecule has 0 aliphatic rings. The predicted octanol–water partition coefficient (Wildman–Crippen LogP) is 1.54. The number of rotatable bonds is 1. The van der Waals surface area contributed by atoms with Crippen LogP contribution in [0.2, 0.25) is 0 Å². The second kappa shape index (κ2) is 3.37. The summed E-state index contributed by atoms with van der Waals surface area (Å²) < 4.78 is 17.7. The molecule has 0 saturated carbocycles. The van der Waals surface area contributed by atoms with Gasteiger partial charge in [0.1, 0.15) is 5.82 Å². The fourth-order valence-electron chi connectivity index (χ4n) is 1.40. The SMILES string of the molecule is Cc1nc2cc(F)cc([N+](=O)[O-])c2c(=O)o1. The summed E-state index contributed by atoms with van der Waals surface area (Å²) in [5.74, 6) is -0.797. The van der Waals surface area contributed by atoms with Gasteiger partial charge < -0.3 is 4.42 Å². The van der Waals surface area contributed by atoms with Crippen molar-refractivity contribution in [1.29, 1.82) is 0 Å². The van der Waals surface area contributed by atoms with Crippen LogP contribution in [0.25, 0.3) is 10.9 Å². The van der Waals surface area contributed by atoms with Crippen LogP contribution in [0.1, 0.15) is 5.89 Å². The zero-order chi connectivity index (χ0) is 11.9. The maximum Gasteiger partial charge on any atom is 0.353 e. The Morgan fingerprint density at radius 1 is 1.50 bits per heavy atom. The zero-order valence-electron chi connectivity index (χ0n) is 8.06. The molecule has 0 amide bonds. The van der Waals surface area contributed by atoms with Crippen molar-refractivity contribution >= 4 is 16.6 Å². The smallest absolute Gasteiger partial charge is 0.353 e. The Kier molecular flexibility index (Phi) is 2.15. The van der Waals surface area contributed by atoms with Crippen LogP contribution in [-0.2, 0) is 0 Å². The average Bonchev–Trinajstić information content (AvgIpc) is 2.14. The molecule has 1 aromatic carbocycles. The molecule has 1 aromatic heterocycles. The highest BCUT2D eigenvalue weighted by Gasteiger charge is 2.19. The molecule has 0 atom stereocenters. The second-order valence-electron chi connectivity index (χ2n) is 3.10. The van der Waals surface area contributed by atoms with E-state index < -0.39 is 22.1 Å². The molecule has 82 valence electrons. The second-order valence-corrected chi connectivity index (χ2v) is 3.10. The van der Waals surface area contributed by atoms with Crippen molar-refractivity contribution in [2.75, 3.05) is 0 Å². The van der Waals surface area contributed by atoms with E-state index in [2.05, 4.69) is 9.40 Å². The van der Waals surface area contributed by atoms with Crippen LogP contribution in [0.3, 0.4) is 0 Å². The van der Waals surface area contributed by atoms with Crippen molar-refractivity contribution in [3.05, 3.63) is 44.4 Å². The lowest BCUT2D eigenvalue weighted by atomic mass is 10.2. The number of aryl methyl sites for hydroxylation is 1. The van der Waals surface area contributed by atoms with Crippen molar-refractivity contribution in [3.8, 4) is 0 Å². The van der Waals surface area contributed by atoms with Crippen LogP contribution in [0.5, 0.6) is 0 Å². The lowest BCUT2D eigenvalue weighted by Gasteiger charge is -1.98. The molecule has 0 unspecified atom stereocenters. The number of fused-ring (bicyclic) bond motifs is 1. The van der Waals surface area contributed by atoms with Crippen LogP contribution in [-0.4, -0.2) is 9.91 Å². The minimum absolute atomic E-state index is 0.0254. The van der Waals surface area contributed by atoms with Crippen LogP contribution in [0, 0.1) is 22.9 Å². The van der Waals surface area contributed by atoms with Gasteiger partial charge in [0.15, 0.2) is 11.3 Å². The van der Waals surface area contributed by atoms with Crippen molar-refractivity contribution in [1.82, 2.24) is 4.98 Å². The fourth-order valence-corrected chi connectivity index (χ4v) is 1.40. The Morgan fingerprint density at radius 3 is 2.81 bits per heavy atom. The highest BCUT2D eigenvalue weighted by Crippen LogP contribution is 2.22. The van der Waals surface area contributed by atoms with Gasteiger partial charge in [0.25, 0.3) is 5.69 Å². The summed E-state index contributed by atoms with van der Waals surface area (Å²) in [5, 5.41) is 10.3.